The third-order valence-corrected chi connectivity index (χ3v) is 11.1. The summed E-state index contributed by atoms with van der Waals surface area (Å²) < 4.78 is 2.24. The Labute approximate surface area is 307 Å². The molecule has 0 radical (unpaired) electrons. The minimum absolute atomic E-state index is 0.179. The predicted octanol–water partition coefficient (Wildman–Crippen LogP) is 11.7. The zero-order valence-corrected chi connectivity index (χ0v) is 29.7. The molecule has 0 saturated heterocycles. The van der Waals surface area contributed by atoms with Gasteiger partial charge in [-0.25, -0.2) is 0 Å². The van der Waals surface area contributed by atoms with E-state index in [-0.39, 0.29) is 5.92 Å². The summed E-state index contributed by atoms with van der Waals surface area (Å²) in [4.78, 5) is 2.61. The van der Waals surface area contributed by atoms with Crippen molar-refractivity contribution in [1.29, 1.82) is 0 Å². The van der Waals surface area contributed by atoms with Gasteiger partial charge in [-0.15, -0.1) is 0 Å². The van der Waals surface area contributed by atoms with E-state index >= 15 is 0 Å². The lowest BCUT2D eigenvalue weighted by atomic mass is 9.81. The second kappa shape index (κ2) is 13.2. The highest BCUT2D eigenvalue weighted by Crippen LogP contribution is 2.53. The summed E-state index contributed by atoms with van der Waals surface area (Å²) in [6.07, 6.45) is 24.9. The Hall–Kier alpha value is -6.06. The Morgan fingerprint density at radius 2 is 1.65 bits per heavy atom. The van der Waals surface area contributed by atoms with Crippen molar-refractivity contribution < 1.29 is 0 Å². The van der Waals surface area contributed by atoms with Gasteiger partial charge in [-0.3, -0.25) is 4.68 Å². The number of fused-ring (bicyclic) bond motifs is 7. The fraction of sp³-hybridized carbons (Fsp3) is 0.143. The molecule has 3 aliphatic carbocycles. The molecule has 2 unspecified atom stereocenters. The van der Waals surface area contributed by atoms with Crippen molar-refractivity contribution in [2.45, 2.75) is 13.3 Å². The van der Waals surface area contributed by atoms with E-state index in [1.165, 1.54) is 83.2 Å². The second-order valence-corrected chi connectivity index (χ2v) is 14.4. The molecule has 0 amide bonds. The SMILES string of the molecule is C=C/C=C\C=C(\C)CNn1c2ccccc2c2cc(-c3ccc4c(c3)/C(=C3\C=CC=C5c6ccccc6C(=C)C53)CN4CC3C=CC=CC3)ccc21. The standard InChI is InChI=1S/C49H43N3/c1-4-5-7-15-33(2)30-50-52-47-23-13-12-20-40(47)43-28-37(25-27-48(43)52)36-24-26-46-44(29-36)45(32-51(46)31-35-16-8-6-9-17-35)42-22-14-21-41-39-19-11-10-18-38(39)34(3)49(41)42/h4-16,18-29,35,49-50H,1,3,17,30-32H2,2H3/b7-5-,33-15-,45-42+. The van der Waals surface area contributed by atoms with Gasteiger partial charge in [0.2, 0.25) is 0 Å². The molecule has 1 aromatic heterocycles. The summed E-state index contributed by atoms with van der Waals surface area (Å²) in [5.41, 5.74) is 20.4. The number of aromatic nitrogens is 1. The van der Waals surface area contributed by atoms with Crippen LogP contribution < -0.4 is 10.3 Å². The monoisotopic (exact) mass is 673 g/mol. The van der Waals surface area contributed by atoms with E-state index < -0.39 is 0 Å². The lowest BCUT2D eigenvalue weighted by Crippen LogP contribution is -2.27. The van der Waals surface area contributed by atoms with E-state index in [4.69, 9.17) is 0 Å². The first-order valence-corrected chi connectivity index (χ1v) is 18.4. The molecule has 1 aliphatic heterocycles. The second-order valence-electron chi connectivity index (χ2n) is 14.4. The highest BCUT2D eigenvalue weighted by Gasteiger charge is 2.37. The van der Waals surface area contributed by atoms with E-state index in [1.807, 2.05) is 12.2 Å². The fourth-order valence-corrected chi connectivity index (χ4v) is 8.62. The van der Waals surface area contributed by atoms with Crippen LogP contribution in [0.15, 0.2) is 176 Å². The third kappa shape index (κ3) is 5.45. The molecule has 52 heavy (non-hydrogen) atoms. The number of benzene rings is 4. The first-order chi connectivity index (χ1) is 25.6. The number of rotatable bonds is 8. The zero-order chi connectivity index (χ0) is 35.2. The van der Waals surface area contributed by atoms with Crippen LogP contribution in [0.5, 0.6) is 0 Å². The predicted molar refractivity (Wildman–Crippen MR) is 224 cm³/mol. The lowest BCUT2D eigenvalue weighted by Gasteiger charge is -2.25. The minimum Gasteiger partial charge on any atom is -0.366 e. The quantitative estimate of drug-likeness (QED) is 0.165. The van der Waals surface area contributed by atoms with Crippen molar-refractivity contribution in [3.05, 3.63) is 193 Å². The van der Waals surface area contributed by atoms with Gasteiger partial charge in [0.15, 0.2) is 0 Å². The highest BCUT2D eigenvalue weighted by molar-refractivity contribution is 6.10. The molecule has 0 spiro atoms. The highest BCUT2D eigenvalue weighted by atomic mass is 15.4. The normalized spacial score (nSPS) is 20.6. The number of anilines is 1. The Morgan fingerprint density at radius 1 is 0.846 bits per heavy atom. The van der Waals surface area contributed by atoms with Gasteiger partial charge in [0.1, 0.15) is 0 Å². The Kier molecular flexibility index (Phi) is 8.12. The van der Waals surface area contributed by atoms with Gasteiger partial charge in [0.25, 0.3) is 0 Å². The largest absolute Gasteiger partial charge is 0.366 e. The van der Waals surface area contributed by atoms with Crippen LogP contribution in [0.2, 0.25) is 0 Å². The number of allylic oxidation sites excluding steroid dienone is 13. The van der Waals surface area contributed by atoms with E-state index in [0.717, 1.165) is 26.1 Å². The summed E-state index contributed by atoms with van der Waals surface area (Å²) in [6.45, 7) is 13.2. The summed E-state index contributed by atoms with van der Waals surface area (Å²) >= 11 is 0. The number of para-hydroxylation sites is 1. The van der Waals surface area contributed by atoms with Gasteiger partial charge >= 0.3 is 0 Å². The van der Waals surface area contributed by atoms with Crippen LogP contribution in [0.3, 0.4) is 0 Å². The summed E-state index contributed by atoms with van der Waals surface area (Å²) in [5, 5.41) is 2.49. The van der Waals surface area contributed by atoms with Crippen LogP contribution >= 0.6 is 0 Å². The Balaban J connectivity index is 1.13. The van der Waals surface area contributed by atoms with E-state index in [9.17, 15) is 0 Å². The number of hydrogen-bond acceptors (Lipinski definition) is 2. The molecular weight excluding hydrogens is 631 g/mol. The molecule has 2 heterocycles. The summed E-state index contributed by atoms with van der Waals surface area (Å²) in [6, 6.07) is 31.6. The number of hydrogen-bond donors (Lipinski definition) is 1. The first kappa shape index (κ1) is 31.9. The van der Waals surface area contributed by atoms with Gasteiger partial charge in [-0.1, -0.05) is 140 Å². The average molecular weight is 674 g/mol. The topological polar surface area (TPSA) is 20.2 Å². The molecule has 3 heteroatoms. The van der Waals surface area contributed by atoms with Gasteiger partial charge in [0, 0.05) is 41.0 Å². The zero-order valence-electron chi connectivity index (χ0n) is 29.7. The van der Waals surface area contributed by atoms with Gasteiger partial charge in [-0.05, 0) is 94.1 Å². The maximum atomic E-state index is 4.67. The molecule has 0 bridgehead atoms. The van der Waals surface area contributed by atoms with E-state index in [1.54, 1.807) is 6.08 Å². The van der Waals surface area contributed by atoms with Crippen molar-refractivity contribution in [2.75, 3.05) is 30.0 Å². The number of nitrogens with zero attached hydrogens (tertiary/aromatic N) is 2. The van der Waals surface area contributed by atoms with Crippen molar-refractivity contribution >= 4 is 44.2 Å². The third-order valence-electron chi connectivity index (χ3n) is 11.1. The lowest BCUT2D eigenvalue weighted by molar-refractivity contribution is 0.638. The molecule has 1 N–H and O–H groups in total. The van der Waals surface area contributed by atoms with Crippen LogP contribution in [0.25, 0.3) is 49.7 Å². The molecule has 254 valence electrons. The molecule has 3 nitrogen and oxygen atoms in total. The smallest absolute Gasteiger partial charge is 0.0706 e. The van der Waals surface area contributed by atoms with Gasteiger partial charge in [0.05, 0.1) is 17.6 Å². The average Bonchev–Trinajstić information content (AvgIpc) is 3.81. The molecule has 0 saturated carbocycles. The molecule has 2 atom stereocenters. The fourth-order valence-electron chi connectivity index (χ4n) is 8.62. The van der Waals surface area contributed by atoms with Crippen molar-refractivity contribution in [2.24, 2.45) is 11.8 Å². The van der Waals surface area contributed by atoms with Gasteiger partial charge < -0.3 is 10.3 Å². The summed E-state index contributed by atoms with van der Waals surface area (Å²) in [5.74, 6) is 0.680. The van der Waals surface area contributed by atoms with Crippen molar-refractivity contribution in [3.8, 4) is 11.1 Å². The molecule has 5 aromatic rings. The van der Waals surface area contributed by atoms with E-state index in [2.05, 4.69) is 169 Å². The van der Waals surface area contributed by atoms with Crippen LogP contribution in [-0.4, -0.2) is 24.3 Å². The molecule has 0 fully saturated rings. The summed E-state index contributed by atoms with van der Waals surface area (Å²) in [7, 11) is 0. The molecule has 4 aromatic carbocycles. The molecular formula is C49H43N3. The molecule has 4 aliphatic rings. The van der Waals surface area contributed by atoms with Crippen molar-refractivity contribution in [1.82, 2.24) is 4.68 Å². The van der Waals surface area contributed by atoms with Crippen LogP contribution in [0.1, 0.15) is 30.0 Å². The van der Waals surface area contributed by atoms with Crippen molar-refractivity contribution in [3.63, 3.8) is 0 Å². The maximum absolute atomic E-state index is 4.67. The number of nitrogens with one attached hydrogen (secondary N) is 1. The minimum atomic E-state index is 0.179. The first-order valence-electron chi connectivity index (χ1n) is 18.4. The van der Waals surface area contributed by atoms with Crippen LogP contribution in [0.4, 0.5) is 5.69 Å². The Morgan fingerprint density at radius 3 is 2.52 bits per heavy atom. The van der Waals surface area contributed by atoms with Gasteiger partial charge in [-0.2, -0.15) is 0 Å². The van der Waals surface area contributed by atoms with Crippen LogP contribution in [-0.2, 0) is 0 Å². The van der Waals surface area contributed by atoms with E-state index in [0.29, 0.717) is 5.92 Å². The molecule has 9 rings (SSSR count). The Bertz CT molecular complexity index is 2500. The maximum Gasteiger partial charge on any atom is 0.0706 e. The van der Waals surface area contributed by atoms with Crippen LogP contribution in [0, 0.1) is 11.8 Å².